The molecule has 2 amide bonds. The molecule has 2 unspecified atom stereocenters. The molecule has 0 aliphatic heterocycles. The lowest BCUT2D eigenvalue weighted by Gasteiger charge is -2.28. The van der Waals surface area contributed by atoms with Crippen LogP contribution >= 0.6 is 0 Å². The first-order chi connectivity index (χ1) is 20.7. The van der Waals surface area contributed by atoms with Gasteiger partial charge >= 0.3 is 23.9 Å². The molecule has 0 aliphatic carbocycles. The number of carbonyl (C=O) groups excluding carboxylic acids is 3. The van der Waals surface area contributed by atoms with Crippen molar-refractivity contribution in [2.45, 2.75) is 25.4 Å². The van der Waals surface area contributed by atoms with E-state index < -0.39 is 86.3 Å². The zero-order valence-electron chi connectivity index (χ0n) is 24.3. The number of pyridine rings is 1. The van der Waals surface area contributed by atoms with E-state index in [1.807, 2.05) is 0 Å². The number of ketones is 1. The number of carboxylic acid groups (broad SMARTS) is 4. The second kappa shape index (κ2) is 19.6. The molecule has 44 heavy (non-hydrogen) atoms. The maximum atomic E-state index is 12.7. The third-order valence-electron chi connectivity index (χ3n) is 6.07. The van der Waals surface area contributed by atoms with Gasteiger partial charge in [0.05, 0.1) is 38.8 Å². The average molecular weight is 626 g/mol. The summed E-state index contributed by atoms with van der Waals surface area (Å²) >= 11 is 0. The Bertz CT molecular complexity index is 1140. The van der Waals surface area contributed by atoms with Crippen molar-refractivity contribution in [3.05, 3.63) is 30.1 Å². The molecule has 244 valence electrons. The van der Waals surface area contributed by atoms with Gasteiger partial charge in [-0.1, -0.05) is 6.07 Å². The fraction of sp³-hybridized carbons (Fsp3) is 0.538. The molecule has 0 radical (unpaired) electrons. The Kier molecular flexibility index (Phi) is 16.7. The second-order valence-corrected chi connectivity index (χ2v) is 9.88. The maximum absolute atomic E-state index is 12.7. The fourth-order valence-corrected chi connectivity index (χ4v) is 3.94. The van der Waals surface area contributed by atoms with Gasteiger partial charge in [-0.25, -0.2) is 0 Å². The number of nitrogens with one attached hydrogen (secondary N) is 2. The number of hydrogen-bond donors (Lipinski definition) is 7. The Labute approximate surface area is 252 Å². The molecule has 1 heterocycles. The van der Waals surface area contributed by atoms with E-state index in [0.717, 1.165) is 4.90 Å². The number of carboxylic acids is 4. The topological polar surface area (TPSA) is 273 Å². The highest BCUT2D eigenvalue weighted by Gasteiger charge is 2.23. The predicted molar refractivity (Wildman–Crippen MR) is 151 cm³/mol. The lowest BCUT2D eigenvalue weighted by molar-refractivity contribution is -0.143. The molecular weight excluding hydrogens is 586 g/mol. The lowest BCUT2D eigenvalue weighted by atomic mass is 10.1. The molecule has 1 aromatic rings. The highest BCUT2D eigenvalue weighted by atomic mass is 16.4. The van der Waals surface area contributed by atoms with Crippen molar-refractivity contribution in [3.8, 4) is 0 Å². The number of rotatable bonds is 23. The Hall–Kier alpha value is -4.52. The number of Topliss-reactive ketones (excluding diaryl/α,β-unsaturated/α-hetero) is 1. The van der Waals surface area contributed by atoms with Crippen LogP contribution in [-0.4, -0.2) is 159 Å². The standard InChI is InChI=1S/C26H39N7O11/c1-17(34)20(11-29-26(44)19(27)10-18-4-2-3-5-28-18)30-21(35)12-32(14-23(38)39)8-6-31(13-22(36)37)7-9-33(15-24(40)41)16-25(42)43/h2-5,19-20H,6-16,27H2,1H3,(H,29,44)(H,30,35)(H,36,37)(H,38,39)(H,40,41)(H,42,43). The van der Waals surface area contributed by atoms with Crippen molar-refractivity contribution in [1.29, 1.82) is 0 Å². The van der Waals surface area contributed by atoms with Gasteiger partial charge in [-0.3, -0.25) is 53.2 Å². The van der Waals surface area contributed by atoms with E-state index in [4.69, 9.17) is 15.9 Å². The number of aromatic nitrogens is 1. The summed E-state index contributed by atoms with van der Waals surface area (Å²) in [6, 6.07) is 3.04. The average Bonchev–Trinajstić information content (AvgIpc) is 2.91. The van der Waals surface area contributed by atoms with Gasteiger partial charge in [-0.15, -0.1) is 0 Å². The number of nitrogens with two attached hydrogens (primary N) is 1. The highest BCUT2D eigenvalue weighted by molar-refractivity contribution is 5.89. The summed E-state index contributed by atoms with van der Waals surface area (Å²) in [5.41, 5.74) is 6.50. The summed E-state index contributed by atoms with van der Waals surface area (Å²) in [5, 5.41) is 41.5. The lowest BCUT2D eigenvalue weighted by Crippen LogP contribution is -2.53. The molecule has 0 bridgehead atoms. The largest absolute Gasteiger partial charge is 0.480 e. The molecule has 18 heteroatoms. The first kappa shape index (κ1) is 37.5. The van der Waals surface area contributed by atoms with E-state index >= 15 is 0 Å². The summed E-state index contributed by atoms with van der Waals surface area (Å²) < 4.78 is 0. The normalized spacial score (nSPS) is 12.5. The molecule has 8 N–H and O–H groups in total. The minimum Gasteiger partial charge on any atom is -0.480 e. The van der Waals surface area contributed by atoms with Crippen molar-refractivity contribution in [1.82, 2.24) is 30.3 Å². The second-order valence-electron chi connectivity index (χ2n) is 9.88. The van der Waals surface area contributed by atoms with Crippen LogP contribution < -0.4 is 16.4 Å². The number of carbonyl (C=O) groups is 7. The van der Waals surface area contributed by atoms with Crippen molar-refractivity contribution >= 4 is 41.5 Å². The predicted octanol–water partition coefficient (Wildman–Crippen LogP) is -3.61. The van der Waals surface area contributed by atoms with E-state index in [-0.39, 0.29) is 39.1 Å². The van der Waals surface area contributed by atoms with Crippen molar-refractivity contribution < 1.29 is 54.0 Å². The Morgan fingerprint density at radius 3 is 1.70 bits per heavy atom. The van der Waals surface area contributed by atoms with Gasteiger partial charge in [0.15, 0.2) is 5.78 Å². The van der Waals surface area contributed by atoms with Crippen LogP contribution in [-0.2, 0) is 40.0 Å². The van der Waals surface area contributed by atoms with Crippen LogP contribution in [0.2, 0.25) is 0 Å². The van der Waals surface area contributed by atoms with Crippen molar-refractivity contribution in [3.63, 3.8) is 0 Å². The highest BCUT2D eigenvalue weighted by Crippen LogP contribution is 2.00. The van der Waals surface area contributed by atoms with E-state index in [1.165, 1.54) is 16.7 Å². The summed E-state index contributed by atoms with van der Waals surface area (Å²) in [7, 11) is 0. The molecule has 0 saturated heterocycles. The number of amides is 2. The Morgan fingerprint density at radius 1 is 0.773 bits per heavy atom. The monoisotopic (exact) mass is 625 g/mol. The van der Waals surface area contributed by atoms with Crippen LogP contribution in [0.25, 0.3) is 0 Å². The third-order valence-corrected chi connectivity index (χ3v) is 6.07. The first-order valence-corrected chi connectivity index (χ1v) is 13.4. The minimum atomic E-state index is -1.28. The molecule has 0 fully saturated rings. The van der Waals surface area contributed by atoms with Crippen LogP contribution in [0.15, 0.2) is 24.4 Å². The zero-order valence-corrected chi connectivity index (χ0v) is 24.3. The molecule has 18 nitrogen and oxygen atoms in total. The summed E-state index contributed by atoms with van der Waals surface area (Å²) in [5.74, 6) is -6.86. The van der Waals surface area contributed by atoms with Gasteiger partial charge < -0.3 is 36.8 Å². The maximum Gasteiger partial charge on any atom is 0.317 e. The molecule has 1 aromatic heterocycles. The Morgan fingerprint density at radius 2 is 1.25 bits per heavy atom. The minimum absolute atomic E-state index is 0.0610. The van der Waals surface area contributed by atoms with Crippen molar-refractivity contribution in [2.24, 2.45) is 5.73 Å². The smallest absolute Gasteiger partial charge is 0.317 e. The Balaban J connectivity index is 2.77. The number of aliphatic carboxylic acids is 4. The van der Waals surface area contributed by atoms with E-state index in [0.29, 0.717) is 5.69 Å². The zero-order chi connectivity index (χ0) is 33.2. The fourth-order valence-electron chi connectivity index (χ4n) is 3.94. The van der Waals surface area contributed by atoms with Gasteiger partial charge in [0.25, 0.3) is 0 Å². The molecule has 2 atom stereocenters. The van der Waals surface area contributed by atoms with Crippen LogP contribution in [0.1, 0.15) is 12.6 Å². The summed E-state index contributed by atoms with van der Waals surface area (Å²) in [6.45, 7) is -2.23. The molecular formula is C26H39N7O11. The van der Waals surface area contributed by atoms with Crippen LogP contribution in [0.5, 0.6) is 0 Å². The van der Waals surface area contributed by atoms with Gasteiger partial charge in [0.2, 0.25) is 11.8 Å². The van der Waals surface area contributed by atoms with E-state index in [1.54, 1.807) is 24.4 Å². The number of hydrogen-bond acceptors (Lipinski definition) is 12. The summed E-state index contributed by atoms with van der Waals surface area (Å²) in [6.07, 6.45) is 1.70. The molecule has 0 aromatic carbocycles. The summed E-state index contributed by atoms with van der Waals surface area (Å²) in [4.78, 5) is 89.9. The SMILES string of the molecule is CC(=O)C(CNC(=O)C(N)Cc1ccccn1)NC(=O)CN(CCN(CCN(CC(=O)O)CC(=O)O)CC(=O)O)CC(=O)O. The van der Waals surface area contributed by atoms with Gasteiger partial charge in [-0.05, 0) is 19.1 Å². The quantitative estimate of drug-likeness (QED) is 0.0618. The third kappa shape index (κ3) is 16.8. The number of nitrogens with zero attached hydrogens (tertiary/aromatic N) is 4. The van der Waals surface area contributed by atoms with Crippen LogP contribution in [0, 0.1) is 0 Å². The van der Waals surface area contributed by atoms with Crippen molar-refractivity contribution in [2.75, 3.05) is 65.4 Å². The van der Waals surface area contributed by atoms with Crippen LogP contribution in [0.3, 0.4) is 0 Å². The van der Waals surface area contributed by atoms with Gasteiger partial charge in [0.1, 0.15) is 6.04 Å². The van der Waals surface area contributed by atoms with Gasteiger partial charge in [0, 0.05) is 51.0 Å². The first-order valence-electron chi connectivity index (χ1n) is 13.4. The molecule has 0 aliphatic rings. The van der Waals surface area contributed by atoms with E-state index in [2.05, 4.69) is 15.6 Å². The van der Waals surface area contributed by atoms with Crippen LogP contribution in [0.4, 0.5) is 0 Å². The molecule has 0 spiro atoms. The van der Waals surface area contributed by atoms with Gasteiger partial charge in [-0.2, -0.15) is 0 Å². The molecule has 0 saturated carbocycles. The van der Waals surface area contributed by atoms with E-state index in [9.17, 15) is 43.8 Å². The molecule has 1 rings (SSSR count).